The minimum absolute atomic E-state index is 0. The average Bonchev–Trinajstić information content (AvgIpc) is 3.26. The molecule has 1 aromatic rings. The second kappa shape index (κ2) is 14.6. The van der Waals surface area contributed by atoms with E-state index < -0.39 is 0 Å². The second-order valence-corrected chi connectivity index (χ2v) is 7.18. The molecule has 0 radical (unpaired) electrons. The third-order valence-electron chi connectivity index (χ3n) is 3.92. The Morgan fingerprint density at radius 3 is 3.00 bits per heavy atom. The van der Waals surface area contributed by atoms with E-state index in [1.165, 1.54) is 11.4 Å². The van der Waals surface area contributed by atoms with Crippen LogP contribution in [0, 0.1) is 6.92 Å². The fourth-order valence-corrected chi connectivity index (χ4v) is 3.47. The summed E-state index contributed by atoms with van der Waals surface area (Å²) in [7, 11) is 0. The quantitative estimate of drug-likeness (QED) is 0.213. The Labute approximate surface area is 178 Å². The molecule has 6 nitrogen and oxygen atoms in total. The zero-order valence-electron chi connectivity index (χ0n) is 16.0. The maximum atomic E-state index is 5.68. The van der Waals surface area contributed by atoms with Crippen LogP contribution < -0.4 is 10.6 Å². The van der Waals surface area contributed by atoms with Crippen molar-refractivity contribution in [1.29, 1.82) is 0 Å². The van der Waals surface area contributed by atoms with Gasteiger partial charge in [-0.2, -0.15) is 0 Å². The first-order valence-electron chi connectivity index (χ1n) is 9.40. The molecule has 1 fully saturated rings. The zero-order valence-corrected chi connectivity index (χ0v) is 19.1. The Morgan fingerprint density at radius 1 is 1.42 bits per heavy atom. The van der Waals surface area contributed by atoms with Crippen LogP contribution >= 0.6 is 35.3 Å². The molecule has 1 aliphatic heterocycles. The van der Waals surface area contributed by atoms with Crippen LogP contribution in [0.15, 0.2) is 10.4 Å². The second-order valence-electron chi connectivity index (χ2n) is 6.24. The maximum absolute atomic E-state index is 5.68. The summed E-state index contributed by atoms with van der Waals surface area (Å²) in [5, 5.41) is 9.96. The van der Waals surface area contributed by atoms with Crippen molar-refractivity contribution >= 4 is 41.3 Å². The molecular weight excluding hydrogens is 463 g/mol. The van der Waals surface area contributed by atoms with E-state index in [0.717, 1.165) is 76.8 Å². The van der Waals surface area contributed by atoms with Gasteiger partial charge in [0.05, 0.1) is 17.7 Å². The smallest absolute Gasteiger partial charge is 0.191 e. The van der Waals surface area contributed by atoms with Gasteiger partial charge in [-0.1, -0.05) is 0 Å². The SMILES string of the molecule is CCNC(=NCCCc1nc(C)cs1)NCCCOCC1CCCO1.I. The van der Waals surface area contributed by atoms with Crippen LogP contribution in [0.25, 0.3) is 0 Å². The van der Waals surface area contributed by atoms with E-state index in [1.54, 1.807) is 11.3 Å². The molecule has 1 aromatic heterocycles. The first kappa shape index (κ1) is 23.6. The summed E-state index contributed by atoms with van der Waals surface area (Å²) in [6, 6.07) is 0. The number of nitrogens with zero attached hydrogens (tertiary/aromatic N) is 2. The Kier molecular flexibility index (Phi) is 13.2. The van der Waals surface area contributed by atoms with Crippen LogP contribution in [-0.2, 0) is 15.9 Å². The van der Waals surface area contributed by atoms with Crippen LogP contribution in [-0.4, -0.2) is 56.5 Å². The lowest BCUT2D eigenvalue weighted by molar-refractivity contribution is 0.0168. The van der Waals surface area contributed by atoms with Crippen LogP contribution in [0.2, 0.25) is 0 Å². The number of thiazole rings is 1. The Morgan fingerprint density at radius 2 is 2.31 bits per heavy atom. The van der Waals surface area contributed by atoms with Gasteiger partial charge in [0.1, 0.15) is 0 Å². The number of rotatable bonds is 11. The molecule has 1 aliphatic rings. The molecule has 1 atom stereocenters. The van der Waals surface area contributed by atoms with Gasteiger partial charge in [-0.05, 0) is 39.5 Å². The Bertz CT molecular complexity index is 507. The summed E-state index contributed by atoms with van der Waals surface area (Å²) >= 11 is 1.74. The van der Waals surface area contributed by atoms with Crippen LogP contribution in [0.5, 0.6) is 0 Å². The number of ether oxygens (including phenoxy) is 2. The van der Waals surface area contributed by atoms with Crippen LogP contribution in [0.1, 0.15) is 43.3 Å². The van der Waals surface area contributed by atoms with Crippen LogP contribution in [0.4, 0.5) is 0 Å². The predicted molar refractivity (Wildman–Crippen MR) is 119 cm³/mol. The molecule has 8 heteroatoms. The molecule has 1 saturated heterocycles. The molecule has 0 bridgehead atoms. The maximum Gasteiger partial charge on any atom is 0.191 e. The van der Waals surface area contributed by atoms with E-state index in [1.807, 2.05) is 6.92 Å². The van der Waals surface area contributed by atoms with Crippen molar-refractivity contribution in [2.45, 2.75) is 52.1 Å². The van der Waals surface area contributed by atoms with Gasteiger partial charge in [0, 0.05) is 50.3 Å². The van der Waals surface area contributed by atoms with Crippen molar-refractivity contribution in [3.05, 3.63) is 16.1 Å². The molecule has 0 spiro atoms. The Hall–Kier alpha value is -0.450. The summed E-state index contributed by atoms with van der Waals surface area (Å²) in [6.45, 7) is 9.04. The van der Waals surface area contributed by atoms with E-state index in [2.05, 4.69) is 32.9 Å². The van der Waals surface area contributed by atoms with E-state index in [-0.39, 0.29) is 24.0 Å². The van der Waals surface area contributed by atoms with Crippen molar-refractivity contribution in [1.82, 2.24) is 15.6 Å². The number of hydrogen-bond donors (Lipinski definition) is 2. The van der Waals surface area contributed by atoms with E-state index in [0.29, 0.717) is 6.10 Å². The van der Waals surface area contributed by atoms with E-state index in [9.17, 15) is 0 Å². The molecule has 1 unspecified atom stereocenters. The highest BCUT2D eigenvalue weighted by Gasteiger charge is 2.14. The molecule has 2 N–H and O–H groups in total. The van der Waals surface area contributed by atoms with Gasteiger partial charge in [-0.3, -0.25) is 4.99 Å². The molecule has 150 valence electrons. The number of guanidine groups is 1. The first-order chi connectivity index (χ1) is 12.3. The summed E-state index contributed by atoms with van der Waals surface area (Å²) < 4.78 is 11.2. The molecule has 0 aromatic carbocycles. The number of nitrogens with one attached hydrogen (secondary N) is 2. The fourth-order valence-electron chi connectivity index (χ4n) is 2.65. The minimum Gasteiger partial charge on any atom is -0.379 e. The van der Waals surface area contributed by atoms with Gasteiger partial charge in [0.15, 0.2) is 5.96 Å². The third-order valence-corrected chi connectivity index (χ3v) is 4.94. The van der Waals surface area contributed by atoms with Crippen LogP contribution in [0.3, 0.4) is 0 Å². The van der Waals surface area contributed by atoms with Crippen molar-refractivity contribution in [2.75, 3.05) is 39.5 Å². The molecular formula is C18H33IN4O2S. The standard InChI is InChI=1S/C18H32N4O2S.HI/c1-3-19-18(20-9-4-8-17-22-15(2)14-25-17)21-10-6-11-23-13-16-7-5-12-24-16;/h14,16H,3-13H2,1-2H3,(H2,19,20,21);1H. The van der Waals surface area contributed by atoms with Gasteiger partial charge >= 0.3 is 0 Å². The topological polar surface area (TPSA) is 67.8 Å². The lowest BCUT2D eigenvalue weighted by Crippen LogP contribution is -2.38. The highest BCUT2D eigenvalue weighted by molar-refractivity contribution is 14.0. The summed E-state index contributed by atoms with van der Waals surface area (Å²) in [6.07, 6.45) is 5.60. The summed E-state index contributed by atoms with van der Waals surface area (Å²) in [4.78, 5) is 9.11. The molecule has 26 heavy (non-hydrogen) atoms. The largest absolute Gasteiger partial charge is 0.379 e. The van der Waals surface area contributed by atoms with Gasteiger partial charge in [-0.25, -0.2) is 4.98 Å². The van der Waals surface area contributed by atoms with Gasteiger partial charge in [0.25, 0.3) is 0 Å². The lowest BCUT2D eigenvalue weighted by atomic mass is 10.2. The molecule has 0 aliphatic carbocycles. The van der Waals surface area contributed by atoms with E-state index in [4.69, 9.17) is 9.47 Å². The van der Waals surface area contributed by atoms with Crippen molar-refractivity contribution in [3.63, 3.8) is 0 Å². The normalized spacial score (nSPS) is 17.2. The summed E-state index contributed by atoms with van der Waals surface area (Å²) in [5.74, 6) is 0.886. The van der Waals surface area contributed by atoms with E-state index >= 15 is 0 Å². The van der Waals surface area contributed by atoms with Crippen molar-refractivity contribution in [3.8, 4) is 0 Å². The van der Waals surface area contributed by atoms with Gasteiger partial charge < -0.3 is 20.1 Å². The van der Waals surface area contributed by atoms with Crippen molar-refractivity contribution in [2.24, 2.45) is 4.99 Å². The highest BCUT2D eigenvalue weighted by atomic mass is 127. The average molecular weight is 496 g/mol. The fraction of sp³-hybridized carbons (Fsp3) is 0.778. The molecule has 0 amide bonds. The van der Waals surface area contributed by atoms with Gasteiger partial charge in [-0.15, -0.1) is 35.3 Å². The highest BCUT2D eigenvalue weighted by Crippen LogP contribution is 2.12. The number of hydrogen-bond acceptors (Lipinski definition) is 5. The summed E-state index contributed by atoms with van der Waals surface area (Å²) in [5.41, 5.74) is 1.11. The first-order valence-corrected chi connectivity index (χ1v) is 10.3. The predicted octanol–water partition coefficient (Wildman–Crippen LogP) is 3.14. The molecule has 2 heterocycles. The number of halogens is 1. The molecule has 0 saturated carbocycles. The van der Waals surface area contributed by atoms with Crippen molar-refractivity contribution < 1.29 is 9.47 Å². The minimum atomic E-state index is 0. The number of aliphatic imine (C=N–C) groups is 1. The number of aromatic nitrogens is 1. The zero-order chi connectivity index (χ0) is 17.7. The monoisotopic (exact) mass is 496 g/mol. The van der Waals surface area contributed by atoms with Gasteiger partial charge in [0.2, 0.25) is 0 Å². The molecule has 2 rings (SSSR count). The number of aryl methyl sites for hydroxylation is 2. The lowest BCUT2D eigenvalue weighted by Gasteiger charge is -2.12. The third kappa shape index (κ3) is 10.0. The Balaban J connectivity index is 0.00000338.